The molecule has 224 valence electrons. The summed E-state index contributed by atoms with van der Waals surface area (Å²) in [4.78, 5) is 0. The second-order valence-electron chi connectivity index (χ2n) is 10.5. The second-order valence-corrected chi connectivity index (χ2v) is 10.5. The van der Waals surface area contributed by atoms with E-state index >= 15 is 0 Å². The number of phenols is 9. The molecule has 11 N–H and O–H groups in total. The molecule has 2 aliphatic rings. The summed E-state index contributed by atoms with van der Waals surface area (Å²) in [6, 6.07) is 9.12. The van der Waals surface area contributed by atoms with Crippen LogP contribution >= 0.6 is 0 Å². The molecule has 0 bridgehead atoms. The van der Waals surface area contributed by atoms with E-state index in [1.54, 1.807) is 0 Å². The number of rotatable bonds is 3. The summed E-state index contributed by atoms with van der Waals surface area (Å²) in [5.74, 6) is -6.85. The van der Waals surface area contributed by atoms with Gasteiger partial charge in [-0.3, -0.25) is 0 Å². The van der Waals surface area contributed by atoms with Gasteiger partial charge in [-0.05, 0) is 29.8 Å². The average Bonchev–Trinajstić information content (AvgIpc) is 2.94. The molecule has 0 amide bonds. The molecule has 2 heterocycles. The van der Waals surface area contributed by atoms with Gasteiger partial charge in [0.2, 0.25) is 0 Å². The molecule has 0 radical (unpaired) electrons. The first-order valence-electron chi connectivity index (χ1n) is 12.9. The van der Waals surface area contributed by atoms with Gasteiger partial charge in [0.1, 0.15) is 46.7 Å². The molecule has 6 rings (SSSR count). The molecule has 5 unspecified atom stereocenters. The van der Waals surface area contributed by atoms with E-state index in [1.807, 2.05) is 0 Å². The van der Waals surface area contributed by atoms with Gasteiger partial charge in [-0.25, -0.2) is 0 Å². The molecular weight excluding hydrogens is 568 g/mol. The Morgan fingerprint density at radius 3 is 1.84 bits per heavy atom. The van der Waals surface area contributed by atoms with Gasteiger partial charge < -0.3 is 65.6 Å². The van der Waals surface area contributed by atoms with Crippen molar-refractivity contribution in [2.45, 2.75) is 36.8 Å². The fourth-order valence-corrected chi connectivity index (χ4v) is 5.77. The van der Waals surface area contributed by atoms with E-state index in [2.05, 4.69) is 0 Å². The smallest absolute Gasteiger partial charge is 0.200 e. The van der Waals surface area contributed by atoms with Gasteiger partial charge in [0, 0.05) is 46.9 Å². The number of fused-ring (bicyclic) bond motifs is 2. The Kier molecular flexibility index (Phi) is 6.36. The summed E-state index contributed by atoms with van der Waals surface area (Å²) in [6.45, 7) is 0. The van der Waals surface area contributed by atoms with E-state index in [0.717, 1.165) is 30.3 Å². The van der Waals surface area contributed by atoms with Crippen molar-refractivity contribution in [2.75, 3.05) is 0 Å². The summed E-state index contributed by atoms with van der Waals surface area (Å²) >= 11 is 0. The molecule has 0 spiro atoms. The lowest BCUT2D eigenvalue weighted by atomic mass is 9.77. The lowest BCUT2D eigenvalue weighted by Gasteiger charge is -2.39. The van der Waals surface area contributed by atoms with Crippen molar-refractivity contribution >= 4 is 0 Å². The van der Waals surface area contributed by atoms with Gasteiger partial charge in [-0.1, -0.05) is 6.07 Å². The molecular formula is C30H26O13. The van der Waals surface area contributed by atoms with Crippen molar-refractivity contribution in [1.82, 2.24) is 0 Å². The summed E-state index contributed by atoms with van der Waals surface area (Å²) < 4.78 is 11.7. The quantitative estimate of drug-likeness (QED) is 0.153. The number of hydrogen-bond donors (Lipinski definition) is 11. The lowest BCUT2D eigenvalue weighted by molar-refractivity contribution is 0.00564. The van der Waals surface area contributed by atoms with Crippen LogP contribution in [0.15, 0.2) is 48.5 Å². The molecule has 13 heteroatoms. The highest BCUT2D eigenvalue weighted by molar-refractivity contribution is 5.65. The van der Waals surface area contributed by atoms with Crippen molar-refractivity contribution in [3.05, 3.63) is 76.3 Å². The molecule has 0 aromatic heterocycles. The van der Waals surface area contributed by atoms with E-state index in [1.165, 1.54) is 18.2 Å². The topological polar surface area (TPSA) is 241 Å². The maximum Gasteiger partial charge on any atom is 0.200 e. The Bertz CT molecular complexity index is 1750. The van der Waals surface area contributed by atoms with Crippen molar-refractivity contribution in [3.63, 3.8) is 0 Å². The summed E-state index contributed by atoms with van der Waals surface area (Å²) in [5, 5.41) is 116. The van der Waals surface area contributed by atoms with Crippen LogP contribution in [0.4, 0.5) is 0 Å². The average molecular weight is 595 g/mol. The number of benzene rings is 4. The first kappa shape index (κ1) is 27.8. The second kappa shape index (κ2) is 9.86. The third-order valence-corrected chi connectivity index (χ3v) is 7.78. The predicted molar refractivity (Wildman–Crippen MR) is 145 cm³/mol. The zero-order valence-corrected chi connectivity index (χ0v) is 21.9. The molecule has 0 saturated heterocycles. The molecule has 0 saturated carbocycles. The fraction of sp³-hybridized carbons (Fsp3) is 0.200. The number of phenolic OH excluding ortho intramolecular Hbond substituents is 9. The number of hydrogen-bond acceptors (Lipinski definition) is 13. The number of aliphatic hydroxyl groups is 2. The van der Waals surface area contributed by atoms with Gasteiger partial charge in [0.05, 0.1) is 12.0 Å². The summed E-state index contributed by atoms with van der Waals surface area (Å²) in [7, 11) is 0. The van der Waals surface area contributed by atoms with E-state index in [9.17, 15) is 56.2 Å². The van der Waals surface area contributed by atoms with Gasteiger partial charge in [0.25, 0.3) is 0 Å². The molecule has 43 heavy (non-hydrogen) atoms. The van der Waals surface area contributed by atoms with Gasteiger partial charge in [-0.2, -0.15) is 0 Å². The maximum absolute atomic E-state index is 11.6. The van der Waals surface area contributed by atoms with Crippen molar-refractivity contribution in [3.8, 4) is 63.2 Å². The summed E-state index contributed by atoms with van der Waals surface area (Å²) in [5.41, 5.74) is -0.0816. The van der Waals surface area contributed by atoms with Gasteiger partial charge in [-0.15, -0.1) is 0 Å². The van der Waals surface area contributed by atoms with Crippen molar-refractivity contribution in [1.29, 1.82) is 0 Å². The Morgan fingerprint density at radius 1 is 0.535 bits per heavy atom. The molecule has 0 aliphatic carbocycles. The minimum absolute atomic E-state index is 0.0248. The highest BCUT2D eigenvalue weighted by Gasteiger charge is 2.45. The number of aromatic hydroxyl groups is 9. The Labute approximate surface area is 242 Å². The monoisotopic (exact) mass is 594 g/mol. The Hall–Kier alpha value is -5.40. The Morgan fingerprint density at radius 2 is 1.16 bits per heavy atom. The van der Waals surface area contributed by atoms with E-state index in [4.69, 9.17) is 9.47 Å². The maximum atomic E-state index is 11.6. The normalized spacial score (nSPS) is 22.6. The molecule has 4 aromatic rings. The van der Waals surface area contributed by atoms with Crippen LogP contribution in [-0.2, 0) is 6.42 Å². The van der Waals surface area contributed by atoms with Crippen LogP contribution in [-0.4, -0.2) is 68.4 Å². The zero-order chi connectivity index (χ0) is 30.9. The zero-order valence-electron chi connectivity index (χ0n) is 21.9. The largest absolute Gasteiger partial charge is 0.508 e. The summed E-state index contributed by atoms with van der Waals surface area (Å²) in [6.07, 6.45) is -5.68. The highest BCUT2D eigenvalue weighted by Crippen LogP contribution is 2.57. The molecule has 5 atom stereocenters. The minimum atomic E-state index is -1.72. The predicted octanol–water partition coefficient (Wildman–Crippen LogP) is 2.70. The minimum Gasteiger partial charge on any atom is -0.508 e. The van der Waals surface area contributed by atoms with Crippen molar-refractivity contribution < 1.29 is 65.6 Å². The van der Waals surface area contributed by atoms with Gasteiger partial charge in [0.15, 0.2) is 34.9 Å². The SMILES string of the molecule is Oc1cc(O)c2c(c1)OC(c1cc(O)c(O)c(O)c1)C(O)C2c1c(O)cc2c(c1O)CC(O)C(c1ccc(O)c(O)c1)O2. The fourth-order valence-electron chi connectivity index (χ4n) is 5.77. The first-order chi connectivity index (χ1) is 20.3. The van der Waals surface area contributed by atoms with E-state index < -0.39 is 76.3 Å². The molecule has 2 aliphatic heterocycles. The van der Waals surface area contributed by atoms with Crippen LogP contribution in [0.5, 0.6) is 63.2 Å². The third-order valence-electron chi connectivity index (χ3n) is 7.78. The Balaban J connectivity index is 1.48. The molecule has 13 nitrogen and oxygen atoms in total. The van der Waals surface area contributed by atoms with E-state index in [0.29, 0.717) is 5.56 Å². The highest BCUT2D eigenvalue weighted by atomic mass is 16.5. The van der Waals surface area contributed by atoms with Crippen LogP contribution in [0.3, 0.4) is 0 Å². The van der Waals surface area contributed by atoms with Crippen LogP contribution < -0.4 is 9.47 Å². The van der Waals surface area contributed by atoms with Crippen LogP contribution in [0.1, 0.15) is 45.9 Å². The number of aliphatic hydroxyl groups excluding tert-OH is 2. The first-order valence-corrected chi connectivity index (χ1v) is 12.9. The standard InChI is InChI=1S/C30H26O13/c31-12-6-16(34)23-22(7-12)43-30(11-4-18(36)27(40)19(37)5-11)28(41)25(23)24-17(35)9-21-13(26(24)39)8-20(38)29(42-21)10-1-2-14(32)15(33)3-10/h1-7,9,20,25,28-41H,8H2. The lowest BCUT2D eigenvalue weighted by Crippen LogP contribution is -2.35. The van der Waals surface area contributed by atoms with Crippen LogP contribution in [0.2, 0.25) is 0 Å². The van der Waals surface area contributed by atoms with E-state index in [-0.39, 0.29) is 45.9 Å². The van der Waals surface area contributed by atoms with Gasteiger partial charge >= 0.3 is 0 Å². The van der Waals surface area contributed by atoms with Crippen LogP contribution in [0, 0.1) is 0 Å². The number of ether oxygens (including phenoxy) is 2. The van der Waals surface area contributed by atoms with Crippen LogP contribution in [0.25, 0.3) is 0 Å². The molecule has 0 fully saturated rings. The molecule has 4 aromatic carbocycles. The van der Waals surface area contributed by atoms with Crippen molar-refractivity contribution in [2.24, 2.45) is 0 Å². The third kappa shape index (κ3) is 4.42.